The summed E-state index contributed by atoms with van der Waals surface area (Å²) in [6.07, 6.45) is 2.47. The molecule has 3 rings (SSSR count). The lowest BCUT2D eigenvalue weighted by Crippen LogP contribution is -2.17. The van der Waals surface area contributed by atoms with Gasteiger partial charge in [-0.15, -0.1) is 0 Å². The third-order valence-electron chi connectivity index (χ3n) is 4.79. The number of benzene rings is 2. The van der Waals surface area contributed by atoms with Crippen molar-refractivity contribution in [3.63, 3.8) is 0 Å². The van der Waals surface area contributed by atoms with Crippen LogP contribution in [0.1, 0.15) is 15.9 Å². The van der Waals surface area contributed by atoms with Crippen LogP contribution in [0, 0.1) is 18.6 Å². The second kappa shape index (κ2) is 10.4. The molecule has 10 heteroatoms. The normalized spacial score (nSPS) is 10.3. The molecule has 8 nitrogen and oxygen atoms in total. The number of para-hydroxylation sites is 1. The highest BCUT2D eigenvalue weighted by atomic mass is 19.1. The number of nitrogens with zero attached hydrogens (tertiary/aromatic N) is 1. The minimum Gasteiger partial charge on any atom is -0.494 e. The van der Waals surface area contributed by atoms with Crippen molar-refractivity contribution in [1.82, 2.24) is 4.98 Å². The molecule has 0 fully saturated rings. The Kier molecular flexibility index (Phi) is 7.42. The maximum Gasteiger partial charge on any atom is 0.261 e. The zero-order valence-electron chi connectivity index (χ0n) is 18.7. The average Bonchev–Trinajstić information content (AvgIpc) is 2.82. The van der Waals surface area contributed by atoms with Crippen molar-refractivity contribution in [2.24, 2.45) is 0 Å². The Morgan fingerprint density at radius 2 is 1.71 bits per heavy atom. The van der Waals surface area contributed by atoms with Gasteiger partial charge in [0.05, 0.1) is 37.5 Å². The monoisotopic (exact) mass is 468 g/mol. The fourth-order valence-electron chi connectivity index (χ4n) is 3.07. The van der Waals surface area contributed by atoms with Crippen LogP contribution in [0.15, 0.2) is 55.3 Å². The number of pyridine rings is 1. The smallest absolute Gasteiger partial charge is 0.261 e. The van der Waals surface area contributed by atoms with E-state index in [1.807, 2.05) is 13.0 Å². The third kappa shape index (κ3) is 5.12. The van der Waals surface area contributed by atoms with Crippen LogP contribution >= 0.6 is 0 Å². The minimum absolute atomic E-state index is 0.195. The number of anilines is 4. The molecule has 0 aliphatic heterocycles. The zero-order chi connectivity index (χ0) is 24.8. The molecule has 1 heterocycles. The molecule has 0 unspecified atom stereocenters. The van der Waals surface area contributed by atoms with E-state index in [2.05, 4.69) is 27.5 Å². The van der Waals surface area contributed by atoms with Crippen LogP contribution in [0.25, 0.3) is 0 Å². The van der Waals surface area contributed by atoms with E-state index >= 15 is 0 Å². The highest BCUT2D eigenvalue weighted by molar-refractivity contribution is 6.05. The molecule has 2 aromatic carbocycles. The number of rotatable bonds is 8. The Bertz CT molecular complexity index is 1220. The number of hydrogen-bond acceptors (Lipinski definition) is 6. The number of amides is 2. The number of carbonyl (C=O) groups excluding carboxylic acids is 2. The molecular weight excluding hydrogens is 446 g/mol. The maximum absolute atomic E-state index is 14.6. The number of hydrogen-bond donors (Lipinski definition) is 3. The first-order valence-corrected chi connectivity index (χ1v) is 9.96. The van der Waals surface area contributed by atoms with Gasteiger partial charge in [0.25, 0.3) is 5.91 Å². The molecule has 0 bridgehead atoms. The molecule has 34 heavy (non-hydrogen) atoms. The molecule has 0 saturated carbocycles. The number of ether oxygens (including phenoxy) is 2. The van der Waals surface area contributed by atoms with Gasteiger partial charge in [-0.1, -0.05) is 18.7 Å². The van der Waals surface area contributed by atoms with Gasteiger partial charge in [-0.25, -0.2) is 13.8 Å². The summed E-state index contributed by atoms with van der Waals surface area (Å²) in [5.41, 5.74) is 1.34. The number of halogens is 2. The van der Waals surface area contributed by atoms with Crippen molar-refractivity contribution in [3.8, 4) is 11.5 Å². The number of aryl methyl sites for hydroxylation is 1. The van der Waals surface area contributed by atoms with Crippen LogP contribution in [0.2, 0.25) is 0 Å². The summed E-state index contributed by atoms with van der Waals surface area (Å²) in [6, 6.07) is 9.43. The van der Waals surface area contributed by atoms with Crippen LogP contribution in [0.4, 0.5) is 31.7 Å². The van der Waals surface area contributed by atoms with Crippen molar-refractivity contribution in [2.45, 2.75) is 6.92 Å². The van der Waals surface area contributed by atoms with Crippen LogP contribution in [0.5, 0.6) is 11.5 Å². The molecule has 0 saturated heterocycles. The highest BCUT2D eigenvalue weighted by Gasteiger charge is 2.25. The van der Waals surface area contributed by atoms with Crippen molar-refractivity contribution < 1.29 is 27.8 Å². The van der Waals surface area contributed by atoms with E-state index in [0.717, 1.165) is 17.7 Å². The maximum atomic E-state index is 14.6. The quantitative estimate of drug-likeness (QED) is 0.411. The van der Waals surface area contributed by atoms with Gasteiger partial charge >= 0.3 is 0 Å². The van der Waals surface area contributed by atoms with Gasteiger partial charge in [-0.2, -0.15) is 0 Å². The molecule has 176 valence electrons. The number of aromatic nitrogens is 1. The fourth-order valence-corrected chi connectivity index (χ4v) is 3.07. The van der Waals surface area contributed by atoms with E-state index in [1.165, 1.54) is 26.5 Å². The van der Waals surface area contributed by atoms with E-state index in [4.69, 9.17) is 9.47 Å². The number of carbonyl (C=O) groups is 2. The van der Waals surface area contributed by atoms with Gasteiger partial charge < -0.3 is 25.4 Å². The van der Waals surface area contributed by atoms with Crippen molar-refractivity contribution in [1.29, 1.82) is 0 Å². The Morgan fingerprint density at radius 1 is 1.03 bits per heavy atom. The van der Waals surface area contributed by atoms with Gasteiger partial charge in [0, 0.05) is 6.07 Å². The second-order valence-corrected chi connectivity index (χ2v) is 6.99. The average molecular weight is 468 g/mol. The summed E-state index contributed by atoms with van der Waals surface area (Å²) in [5, 5.41) is 8.22. The number of methoxy groups -OCH3 is 2. The molecule has 3 N–H and O–H groups in total. The van der Waals surface area contributed by atoms with Gasteiger partial charge in [0.15, 0.2) is 23.1 Å². The largest absolute Gasteiger partial charge is 0.494 e. The fraction of sp³-hybridized carbons (Fsp3) is 0.125. The molecule has 0 atom stereocenters. The molecule has 1 aromatic heterocycles. The Balaban J connectivity index is 1.82. The van der Waals surface area contributed by atoms with E-state index in [1.54, 1.807) is 18.2 Å². The predicted molar refractivity (Wildman–Crippen MR) is 125 cm³/mol. The van der Waals surface area contributed by atoms with Crippen LogP contribution in [0.3, 0.4) is 0 Å². The second-order valence-electron chi connectivity index (χ2n) is 6.99. The number of nitrogens with one attached hydrogen (secondary N) is 3. The summed E-state index contributed by atoms with van der Waals surface area (Å²) >= 11 is 0. The topological polar surface area (TPSA) is 102 Å². The lowest BCUT2D eigenvalue weighted by Gasteiger charge is -2.15. The van der Waals surface area contributed by atoms with E-state index in [0.29, 0.717) is 17.2 Å². The summed E-state index contributed by atoms with van der Waals surface area (Å²) in [5.74, 6) is -3.98. The molecule has 0 aliphatic carbocycles. The molecular formula is C24H22F2N4O4. The van der Waals surface area contributed by atoms with Gasteiger partial charge in [0.1, 0.15) is 11.4 Å². The summed E-state index contributed by atoms with van der Waals surface area (Å²) in [7, 11) is 2.38. The van der Waals surface area contributed by atoms with E-state index in [9.17, 15) is 18.4 Å². The van der Waals surface area contributed by atoms with Gasteiger partial charge in [-0.05, 0) is 36.8 Å². The molecule has 0 radical (unpaired) electrons. The van der Waals surface area contributed by atoms with Crippen molar-refractivity contribution >= 4 is 34.7 Å². The Morgan fingerprint density at radius 3 is 2.26 bits per heavy atom. The molecule has 2 amide bonds. The standard InChI is InChI=1S/C24H22F2N4O4/c1-5-19(31)29-15-8-6-7-13(2)23(15)30-18-10-9-14(12-27-18)28-24(32)20-21(25)16(33-3)11-17(34-4)22(20)26/h5-12H,1H2,2-4H3,(H,27,30)(H,28,32)(H,29,31). The van der Waals surface area contributed by atoms with Crippen LogP contribution < -0.4 is 25.4 Å². The van der Waals surface area contributed by atoms with Crippen LogP contribution in [-0.4, -0.2) is 31.0 Å². The molecule has 0 aliphatic rings. The SMILES string of the molecule is C=CC(=O)Nc1cccc(C)c1Nc1ccc(NC(=O)c2c(F)c(OC)cc(OC)c2F)cn1. The zero-order valence-corrected chi connectivity index (χ0v) is 18.7. The summed E-state index contributed by atoms with van der Waals surface area (Å²) < 4.78 is 38.8. The first kappa shape index (κ1) is 24.2. The first-order chi connectivity index (χ1) is 16.3. The Hall–Kier alpha value is -4.47. The molecule has 3 aromatic rings. The van der Waals surface area contributed by atoms with Crippen molar-refractivity contribution in [3.05, 3.63) is 78.0 Å². The lowest BCUT2D eigenvalue weighted by atomic mass is 10.1. The predicted octanol–water partition coefficient (Wildman–Crippen LogP) is 4.81. The van der Waals surface area contributed by atoms with Gasteiger partial charge in [0.2, 0.25) is 5.91 Å². The van der Waals surface area contributed by atoms with Crippen molar-refractivity contribution in [2.75, 3.05) is 30.2 Å². The van der Waals surface area contributed by atoms with E-state index < -0.39 is 23.1 Å². The third-order valence-corrected chi connectivity index (χ3v) is 4.79. The first-order valence-electron chi connectivity index (χ1n) is 9.96. The summed E-state index contributed by atoms with van der Waals surface area (Å²) in [6.45, 7) is 5.29. The van der Waals surface area contributed by atoms with E-state index in [-0.39, 0.29) is 23.1 Å². The minimum atomic E-state index is -1.15. The molecule has 0 spiro atoms. The Labute approximate surface area is 194 Å². The van der Waals surface area contributed by atoms with Crippen LogP contribution in [-0.2, 0) is 4.79 Å². The summed E-state index contributed by atoms with van der Waals surface area (Å²) in [4.78, 5) is 28.5. The van der Waals surface area contributed by atoms with Gasteiger partial charge in [-0.3, -0.25) is 9.59 Å². The lowest BCUT2D eigenvalue weighted by molar-refractivity contribution is -0.111. The highest BCUT2D eigenvalue weighted by Crippen LogP contribution is 2.32.